The quantitative estimate of drug-likeness (QED) is 0.115. The van der Waals surface area contributed by atoms with Gasteiger partial charge in [0.15, 0.2) is 22.9 Å². The summed E-state index contributed by atoms with van der Waals surface area (Å²) in [4.78, 5) is 57.8. The molecule has 0 saturated carbocycles. The lowest BCUT2D eigenvalue weighted by Gasteiger charge is -2.11. The first-order valence-corrected chi connectivity index (χ1v) is 14.7. The molecule has 49 heavy (non-hydrogen) atoms. The van der Waals surface area contributed by atoms with Crippen LogP contribution in [0.4, 0.5) is 0 Å². The highest BCUT2D eigenvalue weighted by molar-refractivity contribution is 6.04. The molecular weight excluding hydrogens is 632 g/mol. The summed E-state index contributed by atoms with van der Waals surface area (Å²) in [6.07, 6.45) is 2.74. The zero-order valence-corrected chi connectivity index (χ0v) is 25.5. The van der Waals surface area contributed by atoms with Crippen LogP contribution in [0, 0.1) is 0 Å². The van der Waals surface area contributed by atoms with E-state index < -0.39 is 48.3 Å². The number of fused-ring (bicyclic) bond motifs is 2. The summed E-state index contributed by atoms with van der Waals surface area (Å²) in [6, 6.07) is 27.8. The normalized spacial score (nSPS) is 10.7. The Labute approximate surface area is 277 Å². The molecule has 2 amide bonds. The molecule has 4 N–H and O–H groups in total. The predicted octanol–water partition coefficient (Wildman–Crippen LogP) is 5.01. The summed E-state index contributed by atoms with van der Waals surface area (Å²) in [6.45, 7) is -1.47. The largest absolute Gasteiger partial charge is 0.505 e. The van der Waals surface area contributed by atoms with E-state index in [0.29, 0.717) is 39.2 Å². The second-order valence-corrected chi connectivity index (χ2v) is 10.5. The average Bonchev–Trinajstić information content (AvgIpc) is 3.11. The van der Waals surface area contributed by atoms with Gasteiger partial charge in [0.25, 0.3) is 11.8 Å². The smallest absolute Gasteiger partial charge is 0.333 e. The van der Waals surface area contributed by atoms with Crippen LogP contribution in [0.15, 0.2) is 109 Å². The first-order valence-electron chi connectivity index (χ1n) is 14.7. The van der Waals surface area contributed by atoms with Crippen LogP contribution in [0.2, 0.25) is 0 Å². The number of aromatic hydroxyl groups is 2. The first kappa shape index (κ1) is 31.9. The van der Waals surface area contributed by atoms with Gasteiger partial charge >= 0.3 is 11.9 Å². The summed E-state index contributed by atoms with van der Waals surface area (Å²) in [7, 11) is 0. The Morgan fingerprint density at radius 3 is 1.61 bits per heavy atom. The third-order valence-electron chi connectivity index (χ3n) is 7.07. The topological polar surface area (TPSA) is 186 Å². The summed E-state index contributed by atoms with van der Waals surface area (Å²) in [5.41, 5.74) is -0.713. The Kier molecular flexibility index (Phi) is 9.24. The third kappa shape index (κ3) is 7.52. The van der Waals surface area contributed by atoms with Crippen molar-refractivity contribution in [2.75, 3.05) is 13.1 Å². The Morgan fingerprint density at radius 2 is 1.04 bits per heavy atom. The van der Waals surface area contributed by atoms with Crippen molar-refractivity contribution in [2.45, 2.75) is 0 Å². The van der Waals surface area contributed by atoms with Crippen molar-refractivity contribution in [3.8, 4) is 34.5 Å². The number of carbonyl (C=O) groups excluding carboxylic acids is 4. The van der Waals surface area contributed by atoms with Crippen molar-refractivity contribution in [3.05, 3.63) is 121 Å². The number of esters is 2. The maximum atomic E-state index is 12.7. The minimum Gasteiger partial charge on any atom is -0.505 e. The van der Waals surface area contributed by atoms with E-state index in [1.807, 2.05) is 36.4 Å². The van der Waals surface area contributed by atoms with Crippen molar-refractivity contribution in [1.82, 2.24) is 20.6 Å². The molecule has 0 spiro atoms. The molecule has 2 heterocycles. The molecule has 13 nitrogen and oxygen atoms in total. The van der Waals surface area contributed by atoms with Crippen molar-refractivity contribution in [2.24, 2.45) is 0 Å². The standard InChI is InChI=1S/C36H26N4O9/c41-29(19-39-35(45)31-33(43)27-14-13-25(15-22(27)18-38-31)47-23-7-3-1-4-8-23)49-30(42)20-40-36(46)32-34(44)28-16-26(12-11-21(28)17-37-32)48-24-9-5-2-6-10-24/h1-18,43-44H,19-20H2,(H,39,45)(H,40,46). The lowest BCUT2D eigenvalue weighted by atomic mass is 10.1. The Bertz CT molecular complexity index is 2210. The Balaban J connectivity index is 1.01. The van der Waals surface area contributed by atoms with Gasteiger partial charge < -0.3 is 35.1 Å². The van der Waals surface area contributed by atoms with Crippen LogP contribution in [-0.2, 0) is 14.3 Å². The number of hydrogen-bond acceptors (Lipinski definition) is 11. The van der Waals surface area contributed by atoms with Gasteiger partial charge in [-0.2, -0.15) is 0 Å². The first-order chi connectivity index (χ1) is 23.7. The van der Waals surface area contributed by atoms with Crippen LogP contribution in [0.1, 0.15) is 21.0 Å². The second kappa shape index (κ2) is 14.2. The number of nitrogens with zero attached hydrogens (tertiary/aromatic N) is 2. The van der Waals surface area contributed by atoms with E-state index in [-0.39, 0.29) is 16.8 Å². The van der Waals surface area contributed by atoms with Crippen LogP contribution < -0.4 is 20.1 Å². The molecule has 0 radical (unpaired) electrons. The lowest BCUT2D eigenvalue weighted by Crippen LogP contribution is -2.36. The van der Waals surface area contributed by atoms with Gasteiger partial charge in [-0.3, -0.25) is 9.59 Å². The van der Waals surface area contributed by atoms with Gasteiger partial charge in [-0.25, -0.2) is 19.6 Å². The van der Waals surface area contributed by atoms with Gasteiger partial charge in [0.2, 0.25) is 0 Å². The number of amides is 2. The van der Waals surface area contributed by atoms with Gasteiger partial charge in [-0.1, -0.05) is 36.4 Å². The molecule has 4 aromatic carbocycles. The molecule has 0 aliphatic heterocycles. The number of pyridine rings is 2. The lowest BCUT2D eigenvalue weighted by molar-refractivity contribution is -0.158. The molecule has 0 unspecified atom stereocenters. The van der Waals surface area contributed by atoms with Crippen LogP contribution in [0.5, 0.6) is 34.5 Å². The Morgan fingerprint density at radius 1 is 0.551 bits per heavy atom. The summed E-state index contributed by atoms with van der Waals surface area (Å²) < 4.78 is 16.2. The van der Waals surface area contributed by atoms with Crippen molar-refractivity contribution in [1.29, 1.82) is 0 Å². The fraction of sp³-hybridized carbons (Fsp3) is 0.0556. The molecule has 0 aliphatic rings. The highest BCUT2D eigenvalue weighted by atomic mass is 16.6. The summed E-state index contributed by atoms with van der Waals surface area (Å²) >= 11 is 0. The van der Waals surface area contributed by atoms with Gasteiger partial charge in [0.05, 0.1) is 0 Å². The maximum Gasteiger partial charge on any atom is 0.333 e. The van der Waals surface area contributed by atoms with Gasteiger partial charge in [0, 0.05) is 33.9 Å². The number of rotatable bonds is 10. The number of benzene rings is 4. The third-order valence-corrected chi connectivity index (χ3v) is 7.07. The molecule has 0 saturated heterocycles. The molecule has 6 rings (SSSR count). The van der Waals surface area contributed by atoms with Gasteiger partial charge in [0.1, 0.15) is 36.1 Å². The van der Waals surface area contributed by atoms with Crippen LogP contribution >= 0.6 is 0 Å². The fourth-order valence-corrected chi connectivity index (χ4v) is 4.74. The van der Waals surface area contributed by atoms with E-state index >= 15 is 0 Å². The zero-order valence-electron chi connectivity index (χ0n) is 25.5. The highest BCUT2D eigenvalue weighted by Crippen LogP contribution is 2.33. The van der Waals surface area contributed by atoms with Crippen molar-refractivity contribution in [3.63, 3.8) is 0 Å². The molecule has 0 aliphatic carbocycles. The fourth-order valence-electron chi connectivity index (χ4n) is 4.74. The molecule has 13 heteroatoms. The Hall–Kier alpha value is -7.02. The number of para-hydroxylation sites is 2. The van der Waals surface area contributed by atoms with E-state index in [1.165, 1.54) is 12.4 Å². The maximum absolute atomic E-state index is 12.7. The van der Waals surface area contributed by atoms with Crippen LogP contribution in [-0.4, -0.2) is 57.0 Å². The second-order valence-electron chi connectivity index (χ2n) is 10.5. The highest BCUT2D eigenvalue weighted by Gasteiger charge is 2.21. The molecule has 0 atom stereocenters. The van der Waals surface area contributed by atoms with E-state index in [0.717, 1.165) is 0 Å². The minimum atomic E-state index is -1.13. The molecule has 2 aromatic heterocycles. The minimum absolute atomic E-state index is 0.288. The molecular formula is C36H26N4O9. The zero-order chi connectivity index (χ0) is 34.3. The van der Waals surface area contributed by atoms with Crippen molar-refractivity contribution < 1.29 is 43.6 Å². The average molecular weight is 659 g/mol. The molecule has 6 aromatic rings. The van der Waals surface area contributed by atoms with E-state index in [4.69, 9.17) is 9.47 Å². The number of hydrogen-bond donors (Lipinski definition) is 4. The number of nitrogens with one attached hydrogen (secondary N) is 2. The summed E-state index contributed by atoms with van der Waals surface area (Å²) in [5, 5.41) is 27.6. The summed E-state index contributed by atoms with van der Waals surface area (Å²) in [5.74, 6) is -2.81. The number of aromatic nitrogens is 2. The SMILES string of the molecule is O=C(CNC(=O)c1ncc2cc(Oc3ccccc3)ccc2c1O)OC(=O)CNC(=O)c1ncc2ccc(Oc3ccccc3)cc2c1O. The number of ether oxygens (including phenoxy) is 3. The van der Waals surface area contributed by atoms with E-state index in [1.54, 1.807) is 60.7 Å². The van der Waals surface area contributed by atoms with Crippen LogP contribution in [0.3, 0.4) is 0 Å². The molecule has 244 valence electrons. The predicted molar refractivity (Wildman–Crippen MR) is 176 cm³/mol. The van der Waals surface area contributed by atoms with Crippen molar-refractivity contribution >= 4 is 45.3 Å². The van der Waals surface area contributed by atoms with Gasteiger partial charge in [-0.15, -0.1) is 0 Å². The van der Waals surface area contributed by atoms with Gasteiger partial charge in [-0.05, 0) is 60.7 Å². The monoisotopic (exact) mass is 658 g/mol. The molecule has 0 fully saturated rings. The van der Waals surface area contributed by atoms with E-state index in [9.17, 15) is 29.4 Å². The van der Waals surface area contributed by atoms with E-state index in [2.05, 4.69) is 25.3 Å². The number of carbonyl (C=O) groups is 4. The molecule has 0 bridgehead atoms. The van der Waals surface area contributed by atoms with Crippen LogP contribution in [0.25, 0.3) is 21.5 Å².